The van der Waals surface area contributed by atoms with E-state index in [-0.39, 0.29) is 10.5 Å². The highest BCUT2D eigenvalue weighted by Gasteiger charge is 2.33. The van der Waals surface area contributed by atoms with E-state index in [0.29, 0.717) is 0 Å². The Hall–Kier alpha value is -0.240. The lowest BCUT2D eigenvalue weighted by atomic mass is 10.0. The predicted molar refractivity (Wildman–Crippen MR) is 45.1 cm³/mol. The monoisotopic (exact) mass is 156 g/mol. The molecule has 0 aromatic rings. The second-order valence-corrected chi connectivity index (χ2v) is 4.17. The Balaban J connectivity index is 2.61. The van der Waals surface area contributed by atoms with Gasteiger partial charge in [0.2, 0.25) is 0 Å². The number of allylic oxidation sites excluding steroid dienone is 1. The van der Waals surface area contributed by atoms with Gasteiger partial charge in [-0.2, -0.15) is 0 Å². The van der Waals surface area contributed by atoms with Crippen LogP contribution in [-0.2, 0) is 4.79 Å². The number of ketones is 1. The lowest BCUT2D eigenvalue weighted by molar-refractivity contribution is -0.116. The molecule has 0 bridgehead atoms. The maximum Gasteiger partial charge on any atom is 0.172 e. The number of rotatable bonds is 2. The molecule has 1 nitrogen and oxygen atoms in total. The maximum atomic E-state index is 11.2. The molecule has 0 saturated heterocycles. The molecule has 0 amide bonds. The molecule has 0 aliphatic carbocycles. The highest BCUT2D eigenvalue weighted by atomic mass is 32.2. The second kappa shape index (κ2) is 2.79. The molecule has 56 valence electrons. The molecule has 1 aliphatic rings. The van der Waals surface area contributed by atoms with Crippen LogP contribution in [0.2, 0.25) is 0 Å². The van der Waals surface area contributed by atoms with Crippen molar-refractivity contribution in [1.29, 1.82) is 0 Å². The standard InChI is InChI=1S/C8H12OS/c1-3-5-8(2)7(9)4-6-10-8/h4,6H,3,5H2,1-2H3. The van der Waals surface area contributed by atoms with Gasteiger partial charge in [0.25, 0.3) is 0 Å². The summed E-state index contributed by atoms with van der Waals surface area (Å²) in [6.07, 6.45) is 3.75. The van der Waals surface area contributed by atoms with E-state index in [1.807, 2.05) is 12.3 Å². The molecule has 2 heteroatoms. The highest BCUT2D eigenvalue weighted by molar-refractivity contribution is 8.04. The lowest BCUT2D eigenvalue weighted by Crippen LogP contribution is -2.25. The van der Waals surface area contributed by atoms with E-state index >= 15 is 0 Å². The van der Waals surface area contributed by atoms with Crippen LogP contribution in [0, 0.1) is 0 Å². The topological polar surface area (TPSA) is 17.1 Å². The van der Waals surface area contributed by atoms with Gasteiger partial charge >= 0.3 is 0 Å². The summed E-state index contributed by atoms with van der Waals surface area (Å²) >= 11 is 1.65. The number of carbonyl (C=O) groups excluding carboxylic acids is 1. The summed E-state index contributed by atoms with van der Waals surface area (Å²) in [5.74, 6) is 0.277. The molecule has 1 unspecified atom stereocenters. The summed E-state index contributed by atoms with van der Waals surface area (Å²) < 4.78 is -0.130. The molecule has 10 heavy (non-hydrogen) atoms. The van der Waals surface area contributed by atoms with E-state index < -0.39 is 0 Å². The van der Waals surface area contributed by atoms with E-state index in [1.54, 1.807) is 17.8 Å². The zero-order valence-electron chi connectivity index (χ0n) is 6.39. The SMILES string of the molecule is CCCC1(C)SC=CC1=O. The van der Waals surface area contributed by atoms with Gasteiger partial charge in [-0.15, -0.1) is 11.8 Å². The van der Waals surface area contributed by atoms with Crippen LogP contribution < -0.4 is 0 Å². The molecule has 0 aromatic carbocycles. The van der Waals surface area contributed by atoms with Crippen molar-refractivity contribution < 1.29 is 4.79 Å². The van der Waals surface area contributed by atoms with Crippen LogP contribution in [0.4, 0.5) is 0 Å². The van der Waals surface area contributed by atoms with Gasteiger partial charge in [0.15, 0.2) is 5.78 Å². The first kappa shape index (κ1) is 7.86. The normalized spacial score (nSPS) is 31.6. The quantitative estimate of drug-likeness (QED) is 0.610. The first-order chi connectivity index (χ1) is 4.69. The summed E-state index contributed by atoms with van der Waals surface area (Å²) in [7, 11) is 0. The van der Waals surface area contributed by atoms with Crippen LogP contribution in [-0.4, -0.2) is 10.5 Å². The van der Waals surface area contributed by atoms with Gasteiger partial charge < -0.3 is 0 Å². The molecular weight excluding hydrogens is 144 g/mol. The van der Waals surface area contributed by atoms with Crippen LogP contribution in [0.5, 0.6) is 0 Å². The summed E-state index contributed by atoms with van der Waals surface area (Å²) in [6, 6.07) is 0. The first-order valence-corrected chi connectivity index (χ1v) is 4.46. The highest BCUT2D eigenvalue weighted by Crippen LogP contribution is 2.36. The van der Waals surface area contributed by atoms with E-state index in [2.05, 4.69) is 6.92 Å². The van der Waals surface area contributed by atoms with Gasteiger partial charge in [-0.1, -0.05) is 13.3 Å². The van der Waals surface area contributed by atoms with E-state index in [0.717, 1.165) is 12.8 Å². The van der Waals surface area contributed by atoms with E-state index in [1.165, 1.54) is 0 Å². The summed E-state index contributed by atoms with van der Waals surface area (Å²) in [6.45, 7) is 4.13. The number of hydrogen-bond donors (Lipinski definition) is 0. The molecule has 1 rings (SSSR count). The van der Waals surface area contributed by atoms with Crippen molar-refractivity contribution in [3.8, 4) is 0 Å². The smallest absolute Gasteiger partial charge is 0.172 e. The molecular formula is C8H12OS. The molecule has 1 heterocycles. The summed E-state index contributed by atoms with van der Waals surface area (Å²) in [4.78, 5) is 11.2. The Morgan fingerprint density at radius 1 is 1.70 bits per heavy atom. The largest absolute Gasteiger partial charge is 0.293 e. The zero-order valence-corrected chi connectivity index (χ0v) is 7.20. The average Bonchev–Trinajstić information content (AvgIpc) is 2.15. The number of thioether (sulfide) groups is 1. The molecule has 0 N–H and O–H groups in total. The van der Waals surface area contributed by atoms with Crippen LogP contribution in [0.25, 0.3) is 0 Å². The van der Waals surface area contributed by atoms with Gasteiger partial charge in [0.1, 0.15) is 0 Å². The van der Waals surface area contributed by atoms with Crippen molar-refractivity contribution in [3.63, 3.8) is 0 Å². The third-order valence-corrected chi connectivity index (χ3v) is 2.99. The Morgan fingerprint density at radius 3 is 2.80 bits per heavy atom. The van der Waals surface area contributed by atoms with Crippen molar-refractivity contribution in [1.82, 2.24) is 0 Å². The number of hydrogen-bond acceptors (Lipinski definition) is 2. The van der Waals surface area contributed by atoms with E-state index in [9.17, 15) is 4.79 Å². The Labute approximate surface area is 65.9 Å². The first-order valence-electron chi connectivity index (χ1n) is 3.58. The van der Waals surface area contributed by atoms with Crippen molar-refractivity contribution in [3.05, 3.63) is 11.5 Å². The maximum absolute atomic E-state index is 11.2. The molecule has 0 spiro atoms. The molecule has 0 saturated carbocycles. The fourth-order valence-corrected chi connectivity index (χ4v) is 2.14. The molecule has 1 aliphatic heterocycles. The Bertz CT molecular complexity index is 174. The zero-order chi connectivity index (χ0) is 7.61. The van der Waals surface area contributed by atoms with Crippen LogP contribution in [0.1, 0.15) is 26.7 Å². The van der Waals surface area contributed by atoms with Crippen molar-refractivity contribution in [2.45, 2.75) is 31.4 Å². The summed E-state index contributed by atoms with van der Waals surface area (Å²) in [5, 5.41) is 1.90. The predicted octanol–water partition coefficient (Wildman–Crippen LogP) is 2.37. The van der Waals surface area contributed by atoms with E-state index in [4.69, 9.17) is 0 Å². The van der Waals surface area contributed by atoms with Crippen molar-refractivity contribution in [2.75, 3.05) is 0 Å². The third kappa shape index (κ3) is 1.26. The second-order valence-electron chi connectivity index (χ2n) is 2.77. The lowest BCUT2D eigenvalue weighted by Gasteiger charge is -2.18. The Morgan fingerprint density at radius 2 is 2.40 bits per heavy atom. The molecule has 1 atom stereocenters. The fourth-order valence-electron chi connectivity index (χ4n) is 1.14. The summed E-state index contributed by atoms with van der Waals surface area (Å²) in [5.41, 5.74) is 0. The fraction of sp³-hybridized carbons (Fsp3) is 0.625. The average molecular weight is 156 g/mol. The minimum absolute atomic E-state index is 0.130. The van der Waals surface area contributed by atoms with Crippen LogP contribution >= 0.6 is 11.8 Å². The molecule has 0 aromatic heterocycles. The van der Waals surface area contributed by atoms with Crippen molar-refractivity contribution in [2.24, 2.45) is 0 Å². The molecule has 0 fully saturated rings. The van der Waals surface area contributed by atoms with Gasteiger partial charge in [0.05, 0.1) is 4.75 Å². The van der Waals surface area contributed by atoms with Gasteiger partial charge in [-0.3, -0.25) is 4.79 Å². The van der Waals surface area contributed by atoms with Gasteiger partial charge in [0, 0.05) is 0 Å². The Kier molecular flexibility index (Phi) is 2.19. The van der Waals surface area contributed by atoms with Gasteiger partial charge in [-0.25, -0.2) is 0 Å². The number of carbonyl (C=O) groups is 1. The molecule has 0 radical (unpaired) electrons. The van der Waals surface area contributed by atoms with Crippen LogP contribution in [0.3, 0.4) is 0 Å². The van der Waals surface area contributed by atoms with Crippen LogP contribution in [0.15, 0.2) is 11.5 Å². The minimum atomic E-state index is -0.130. The third-order valence-electron chi connectivity index (χ3n) is 1.80. The minimum Gasteiger partial charge on any atom is -0.293 e. The van der Waals surface area contributed by atoms with Gasteiger partial charge in [-0.05, 0) is 24.8 Å². The van der Waals surface area contributed by atoms with Crippen molar-refractivity contribution >= 4 is 17.5 Å².